The molecule has 5 atom stereocenters. The Bertz CT molecular complexity index is 1940. The van der Waals surface area contributed by atoms with Gasteiger partial charge in [-0.25, -0.2) is 9.59 Å². The molecule has 0 aromatic heterocycles. The molecule has 8 amide bonds. The highest BCUT2D eigenvalue weighted by molar-refractivity contribution is 6.12. The van der Waals surface area contributed by atoms with Crippen molar-refractivity contribution < 1.29 is 52.6 Å². The zero-order chi connectivity index (χ0) is 51.4. The number of primary amides is 1. The SMILES string of the molecule is CC[C@@H](OC)[C@H](C1CCCC1)N(C)C(=O)[C@@H](CC(=O)C(C)(C)NC(=O)OCc1ccc(NC(=O)C(CCCNC(N)=O)CC(=O)[C@@H](NC(=O)CCCCCN2C(=O)C=CC2=O)C(C)C)cc1)C(C)C. The monoisotopic (exact) mass is 966 g/mol. The van der Waals surface area contributed by atoms with Gasteiger partial charge in [-0.3, -0.25) is 38.5 Å². The molecule has 1 unspecified atom stereocenters. The number of carbonyl (C=O) groups excluding carboxylic acids is 9. The second kappa shape index (κ2) is 28.1. The van der Waals surface area contributed by atoms with Crippen LogP contribution in [-0.4, -0.2) is 114 Å². The van der Waals surface area contributed by atoms with Crippen LogP contribution < -0.4 is 27.0 Å². The number of unbranched alkanes of at least 4 members (excludes halogenated alkanes) is 2. The molecule has 1 aliphatic heterocycles. The first-order valence-corrected chi connectivity index (χ1v) is 24.7. The van der Waals surface area contributed by atoms with E-state index >= 15 is 0 Å². The van der Waals surface area contributed by atoms with Crippen LogP contribution in [0.4, 0.5) is 15.3 Å². The number of methoxy groups -OCH3 is 1. The van der Waals surface area contributed by atoms with Crippen molar-refractivity contribution in [1.82, 2.24) is 25.8 Å². The van der Waals surface area contributed by atoms with Gasteiger partial charge < -0.3 is 41.4 Å². The van der Waals surface area contributed by atoms with Crippen LogP contribution >= 0.6 is 0 Å². The number of ether oxygens (including phenoxy) is 2. The van der Waals surface area contributed by atoms with Gasteiger partial charge in [0.05, 0.1) is 23.7 Å². The molecule has 18 heteroatoms. The standard InChI is InChI=1S/C51H79N7O11/c1-10-40(68-9)46(35-17-13-14-18-35)57(8)48(65)38(32(2)3)30-41(60)51(6,7)56-50(67)69-31-34-21-23-37(24-22-34)54-47(64)36(19-16-27-53-49(52)66)29-39(59)45(33(4)5)55-42(61)20-12-11-15-28-58-43(62)25-26-44(58)63/h21-26,32-33,35-36,38,40,45-46H,10-20,27-31H2,1-9H3,(H,54,64)(H,55,61)(H,56,67)(H3,52,53,66)/t36?,38-,40+,45-,46-/m0/s1. The number of nitrogens with two attached hydrogens (primary N) is 1. The molecule has 1 saturated carbocycles. The zero-order valence-corrected chi connectivity index (χ0v) is 42.4. The van der Waals surface area contributed by atoms with Crippen molar-refractivity contribution in [3.8, 4) is 0 Å². The quantitative estimate of drug-likeness (QED) is 0.0445. The number of hydrogen-bond acceptors (Lipinski definition) is 11. The molecule has 6 N–H and O–H groups in total. The number of carbonyl (C=O) groups is 9. The highest BCUT2D eigenvalue weighted by atomic mass is 16.5. The van der Waals surface area contributed by atoms with Crippen molar-refractivity contribution in [2.24, 2.45) is 35.3 Å². The van der Waals surface area contributed by atoms with Gasteiger partial charge in [0, 0.05) is 76.2 Å². The largest absolute Gasteiger partial charge is 0.445 e. The molecule has 384 valence electrons. The minimum atomic E-state index is -1.34. The average molecular weight is 966 g/mol. The van der Waals surface area contributed by atoms with Gasteiger partial charge in [-0.05, 0) is 94.2 Å². The van der Waals surface area contributed by atoms with Crippen LogP contribution in [0.5, 0.6) is 0 Å². The van der Waals surface area contributed by atoms with E-state index in [1.807, 2.05) is 20.9 Å². The van der Waals surface area contributed by atoms with Gasteiger partial charge in [0.25, 0.3) is 11.8 Å². The number of nitrogens with one attached hydrogen (secondary N) is 4. The molecule has 0 bridgehead atoms. The Morgan fingerprint density at radius 1 is 0.884 bits per heavy atom. The summed E-state index contributed by atoms with van der Waals surface area (Å²) in [5.41, 5.74) is 4.88. The normalized spacial score (nSPS) is 16.2. The van der Waals surface area contributed by atoms with Gasteiger partial charge >= 0.3 is 12.1 Å². The molecule has 18 nitrogen and oxygen atoms in total. The molecular weight excluding hydrogens is 887 g/mol. The molecule has 0 spiro atoms. The summed E-state index contributed by atoms with van der Waals surface area (Å²) >= 11 is 0. The first-order valence-electron chi connectivity index (χ1n) is 24.7. The summed E-state index contributed by atoms with van der Waals surface area (Å²) in [6.45, 7) is 13.0. The second-order valence-electron chi connectivity index (χ2n) is 19.7. The second-order valence-corrected chi connectivity index (χ2v) is 19.7. The smallest absolute Gasteiger partial charge is 0.408 e. The van der Waals surface area contributed by atoms with Crippen LogP contribution in [0.25, 0.3) is 0 Å². The molecule has 0 radical (unpaired) electrons. The third-order valence-electron chi connectivity index (χ3n) is 13.4. The summed E-state index contributed by atoms with van der Waals surface area (Å²) in [5, 5.41) is 10.8. The Morgan fingerprint density at radius 3 is 2.09 bits per heavy atom. The third kappa shape index (κ3) is 18.3. The Morgan fingerprint density at radius 2 is 1.52 bits per heavy atom. The van der Waals surface area contributed by atoms with E-state index in [9.17, 15) is 43.2 Å². The Hall–Kier alpha value is -5.65. The maximum Gasteiger partial charge on any atom is 0.408 e. The minimum absolute atomic E-state index is 0.0628. The summed E-state index contributed by atoms with van der Waals surface area (Å²) in [4.78, 5) is 119. The van der Waals surface area contributed by atoms with E-state index in [4.69, 9.17) is 15.2 Å². The number of urea groups is 1. The number of likely N-dealkylation sites (N-methyl/N-ethyl adjacent to an activating group) is 1. The fourth-order valence-electron chi connectivity index (χ4n) is 9.13. The number of Topliss-reactive ketones (excluding diaryl/α,β-unsaturated/α-hetero) is 2. The Balaban J connectivity index is 1.56. The lowest BCUT2D eigenvalue weighted by atomic mass is 9.83. The number of hydrogen-bond donors (Lipinski definition) is 5. The van der Waals surface area contributed by atoms with Gasteiger partial charge in [0.2, 0.25) is 17.7 Å². The topological polar surface area (TPSA) is 253 Å². The molecule has 1 aromatic carbocycles. The Labute approximate surface area is 408 Å². The van der Waals surface area contributed by atoms with E-state index in [1.54, 1.807) is 64.0 Å². The molecule has 1 aromatic rings. The van der Waals surface area contributed by atoms with Crippen molar-refractivity contribution in [2.75, 3.05) is 32.6 Å². The first kappa shape index (κ1) is 57.7. The Kier molecular flexibility index (Phi) is 23.5. The predicted octanol–water partition coefficient (Wildman–Crippen LogP) is 5.95. The number of ketones is 2. The van der Waals surface area contributed by atoms with Crippen LogP contribution in [0.1, 0.15) is 138 Å². The van der Waals surface area contributed by atoms with E-state index in [-0.39, 0.29) is 105 Å². The van der Waals surface area contributed by atoms with E-state index in [0.717, 1.165) is 37.0 Å². The van der Waals surface area contributed by atoms with Gasteiger partial charge in [0.15, 0.2) is 11.6 Å². The highest BCUT2D eigenvalue weighted by Gasteiger charge is 2.41. The van der Waals surface area contributed by atoms with Crippen LogP contribution in [-0.2, 0) is 49.6 Å². The van der Waals surface area contributed by atoms with Gasteiger partial charge in [-0.15, -0.1) is 0 Å². The first-order chi connectivity index (χ1) is 32.6. The predicted molar refractivity (Wildman–Crippen MR) is 261 cm³/mol. The summed E-state index contributed by atoms with van der Waals surface area (Å²) in [6.07, 6.45) is 8.66. The zero-order valence-electron chi connectivity index (χ0n) is 42.4. The lowest BCUT2D eigenvalue weighted by molar-refractivity contribution is -0.145. The lowest BCUT2D eigenvalue weighted by Crippen LogP contribution is -2.54. The van der Waals surface area contributed by atoms with E-state index in [2.05, 4.69) is 28.2 Å². The fraction of sp³-hybridized carbons (Fsp3) is 0.667. The maximum absolute atomic E-state index is 14.1. The van der Waals surface area contributed by atoms with Crippen LogP contribution in [0, 0.1) is 29.6 Å². The minimum Gasteiger partial charge on any atom is -0.445 e. The summed E-state index contributed by atoms with van der Waals surface area (Å²) in [7, 11) is 3.49. The third-order valence-corrected chi connectivity index (χ3v) is 13.4. The van der Waals surface area contributed by atoms with Crippen molar-refractivity contribution in [3.05, 3.63) is 42.0 Å². The molecule has 1 heterocycles. The number of rotatable bonds is 30. The number of alkyl carbamates (subject to hydrolysis) is 1. The van der Waals surface area contributed by atoms with Crippen molar-refractivity contribution in [3.63, 3.8) is 0 Å². The van der Waals surface area contributed by atoms with Gasteiger partial charge in [-0.1, -0.05) is 66.0 Å². The fourth-order valence-corrected chi connectivity index (χ4v) is 9.13. The van der Waals surface area contributed by atoms with Crippen LogP contribution in [0.2, 0.25) is 0 Å². The summed E-state index contributed by atoms with van der Waals surface area (Å²) < 4.78 is 11.3. The molecular formula is C51H79N7O11. The molecule has 1 aliphatic carbocycles. The molecule has 0 saturated heterocycles. The number of amides is 8. The molecule has 2 aliphatic rings. The highest BCUT2D eigenvalue weighted by Crippen LogP contribution is 2.35. The number of anilines is 1. The molecule has 1 fully saturated rings. The van der Waals surface area contributed by atoms with Crippen LogP contribution in [0.3, 0.4) is 0 Å². The van der Waals surface area contributed by atoms with Gasteiger partial charge in [-0.2, -0.15) is 0 Å². The molecule has 69 heavy (non-hydrogen) atoms. The summed E-state index contributed by atoms with van der Waals surface area (Å²) in [6, 6.07) is 4.89. The van der Waals surface area contributed by atoms with Crippen molar-refractivity contribution in [1.29, 1.82) is 0 Å². The van der Waals surface area contributed by atoms with Crippen LogP contribution in [0.15, 0.2) is 36.4 Å². The van der Waals surface area contributed by atoms with Crippen molar-refractivity contribution >= 4 is 58.9 Å². The van der Waals surface area contributed by atoms with E-state index in [1.165, 1.54) is 12.2 Å². The number of benzene rings is 1. The number of imide groups is 1. The van der Waals surface area contributed by atoms with E-state index < -0.39 is 41.4 Å². The van der Waals surface area contributed by atoms with Gasteiger partial charge in [0.1, 0.15) is 6.61 Å². The maximum atomic E-state index is 14.1. The lowest BCUT2D eigenvalue weighted by Gasteiger charge is -2.40. The van der Waals surface area contributed by atoms with Crippen molar-refractivity contribution in [2.45, 2.75) is 162 Å². The average Bonchev–Trinajstić information content (AvgIpc) is 3.94. The van der Waals surface area contributed by atoms with E-state index in [0.29, 0.717) is 42.9 Å². The summed E-state index contributed by atoms with van der Waals surface area (Å²) in [5.74, 6) is -3.73. The molecule has 3 rings (SSSR count). The number of nitrogens with zero attached hydrogens (tertiary/aromatic N) is 2.